The molecule has 0 fully saturated rings. The van der Waals surface area contributed by atoms with Crippen molar-refractivity contribution in [3.05, 3.63) is 53.9 Å². The highest BCUT2D eigenvalue weighted by Gasteiger charge is 2.13. The lowest BCUT2D eigenvalue weighted by Gasteiger charge is -2.30. The first kappa shape index (κ1) is 14.7. The maximum atomic E-state index is 9.29. The second-order valence-electron chi connectivity index (χ2n) is 5.40. The summed E-state index contributed by atoms with van der Waals surface area (Å²) in [5.74, 6) is 0. The number of anilines is 1. The molecule has 108 valence electrons. The molecule has 1 aliphatic rings. The Labute approximate surface area is 121 Å². The van der Waals surface area contributed by atoms with Crippen LogP contribution >= 0.6 is 0 Å². The van der Waals surface area contributed by atoms with Gasteiger partial charge in [0, 0.05) is 17.4 Å². The molecule has 0 saturated carbocycles. The Bertz CT molecular complexity index is 492. The predicted molar refractivity (Wildman–Crippen MR) is 84.4 cm³/mol. The molecule has 0 bridgehead atoms. The van der Waals surface area contributed by atoms with Gasteiger partial charge in [0.05, 0.1) is 13.2 Å². The molecular formula is C17H24N2O. The first-order valence-corrected chi connectivity index (χ1v) is 7.27. The molecule has 0 amide bonds. The highest BCUT2D eigenvalue weighted by molar-refractivity contribution is 5.50. The number of nitrogens with one attached hydrogen (secondary N) is 1. The van der Waals surface area contributed by atoms with Crippen molar-refractivity contribution in [2.45, 2.75) is 39.3 Å². The molecule has 0 atom stereocenters. The van der Waals surface area contributed by atoms with Gasteiger partial charge in [-0.1, -0.05) is 24.3 Å². The molecule has 1 heterocycles. The van der Waals surface area contributed by atoms with Gasteiger partial charge in [-0.05, 0) is 50.6 Å². The van der Waals surface area contributed by atoms with Crippen molar-refractivity contribution < 1.29 is 5.11 Å². The van der Waals surface area contributed by atoms with E-state index in [0.29, 0.717) is 6.04 Å². The average molecular weight is 272 g/mol. The van der Waals surface area contributed by atoms with Gasteiger partial charge in [0.1, 0.15) is 0 Å². The lowest BCUT2D eigenvalue weighted by Crippen LogP contribution is -2.34. The van der Waals surface area contributed by atoms with E-state index >= 15 is 0 Å². The molecule has 0 radical (unpaired) electrons. The molecule has 1 aromatic rings. The summed E-state index contributed by atoms with van der Waals surface area (Å²) in [4.78, 5) is 2.34. The van der Waals surface area contributed by atoms with E-state index in [-0.39, 0.29) is 6.61 Å². The minimum absolute atomic E-state index is 0.0868. The summed E-state index contributed by atoms with van der Waals surface area (Å²) >= 11 is 0. The number of allylic oxidation sites excluding steroid dienone is 2. The molecule has 20 heavy (non-hydrogen) atoms. The Balaban J connectivity index is 2.17. The summed E-state index contributed by atoms with van der Waals surface area (Å²) in [6.45, 7) is 5.33. The highest BCUT2D eigenvalue weighted by atomic mass is 16.3. The van der Waals surface area contributed by atoms with Gasteiger partial charge in [-0.3, -0.25) is 0 Å². The number of hydrogen-bond acceptors (Lipinski definition) is 3. The lowest BCUT2D eigenvalue weighted by atomic mass is 10.1. The van der Waals surface area contributed by atoms with Crippen LogP contribution in [0.2, 0.25) is 0 Å². The van der Waals surface area contributed by atoms with Crippen LogP contribution in [0.15, 0.2) is 48.3 Å². The fourth-order valence-corrected chi connectivity index (χ4v) is 2.36. The molecular weight excluding hydrogens is 248 g/mol. The van der Waals surface area contributed by atoms with Crippen molar-refractivity contribution >= 4 is 5.69 Å². The Morgan fingerprint density at radius 3 is 2.90 bits per heavy atom. The topological polar surface area (TPSA) is 35.5 Å². The van der Waals surface area contributed by atoms with Gasteiger partial charge in [0.2, 0.25) is 0 Å². The minimum atomic E-state index is 0.0868. The zero-order valence-corrected chi connectivity index (χ0v) is 12.3. The summed E-state index contributed by atoms with van der Waals surface area (Å²) in [5.41, 5.74) is 3.35. The number of rotatable bonds is 5. The Kier molecular flexibility index (Phi) is 5.24. The second-order valence-corrected chi connectivity index (χ2v) is 5.40. The number of aliphatic hydroxyl groups excluding tert-OH is 1. The molecule has 0 saturated heterocycles. The molecule has 0 spiro atoms. The minimum Gasteiger partial charge on any atom is -0.392 e. The van der Waals surface area contributed by atoms with Gasteiger partial charge in [-0.25, -0.2) is 0 Å². The van der Waals surface area contributed by atoms with Crippen LogP contribution in [-0.4, -0.2) is 17.7 Å². The van der Waals surface area contributed by atoms with Crippen LogP contribution in [0.3, 0.4) is 0 Å². The number of aliphatic hydroxyl groups is 1. The van der Waals surface area contributed by atoms with Gasteiger partial charge in [0.15, 0.2) is 0 Å². The summed E-state index contributed by atoms with van der Waals surface area (Å²) in [6.07, 6.45) is 8.64. The van der Waals surface area contributed by atoms with E-state index in [9.17, 15) is 5.11 Å². The average Bonchev–Trinajstić information content (AvgIpc) is 2.73. The Morgan fingerprint density at radius 1 is 1.30 bits per heavy atom. The lowest BCUT2D eigenvalue weighted by molar-refractivity contribution is 0.282. The van der Waals surface area contributed by atoms with E-state index in [2.05, 4.69) is 48.3 Å². The predicted octanol–water partition coefficient (Wildman–Crippen LogP) is 3.17. The first-order valence-electron chi connectivity index (χ1n) is 7.27. The maximum Gasteiger partial charge on any atom is 0.0682 e. The number of nitrogens with zero attached hydrogens (tertiary/aromatic N) is 1. The summed E-state index contributed by atoms with van der Waals surface area (Å²) in [6, 6.07) is 8.53. The van der Waals surface area contributed by atoms with E-state index in [0.717, 1.165) is 30.6 Å². The van der Waals surface area contributed by atoms with Crippen molar-refractivity contribution in [3.8, 4) is 0 Å². The van der Waals surface area contributed by atoms with Gasteiger partial charge in [-0.2, -0.15) is 0 Å². The third kappa shape index (κ3) is 3.87. The van der Waals surface area contributed by atoms with Gasteiger partial charge < -0.3 is 15.3 Å². The summed E-state index contributed by atoms with van der Waals surface area (Å²) < 4.78 is 0. The van der Waals surface area contributed by atoms with E-state index in [1.54, 1.807) is 0 Å². The van der Waals surface area contributed by atoms with Gasteiger partial charge in [-0.15, -0.1) is 0 Å². The first-order chi connectivity index (χ1) is 9.70. The molecule has 1 aliphatic heterocycles. The van der Waals surface area contributed by atoms with E-state index in [1.807, 2.05) is 18.3 Å². The zero-order valence-electron chi connectivity index (χ0n) is 12.3. The van der Waals surface area contributed by atoms with Gasteiger partial charge >= 0.3 is 0 Å². The van der Waals surface area contributed by atoms with Gasteiger partial charge in [0.25, 0.3) is 0 Å². The normalized spacial score (nSPS) is 14.7. The van der Waals surface area contributed by atoms with E-state index < -0.39 is 0 Å². The molecule has 0 aromatic heterocycles. The largest absolute Gasteiger partial charge is 0.392 e. The van der Waals surface area contributed by atoms with Crippen molar-refractivity contribution in [1.29, 1.82) is 0 Å². The summed E-state index contributed by atoms with van der Waals surface area (Å²) in [5, 5.41) is 12.6. The van der Waals surface area contributed by atoms with Crippen LogP contribution < -0.4 is 10.2 Å². The Morgan fingerprint density at radius 2 is 2.15 bits per heavy atom. The van der Waals surface area contributed by atoms with E-state index in [4.69, 9.17) is 0 Å². The fourth-order valence-electron chi connectivity index (χ4n) is 2.36. The van der Waals surface area contributed by atoms with Crippen molar-refractivity contribution in [2.75, 3.05) is 11.4 Å². The SMILES string of the molecule is CC(C)N(CC1=CCCC=CN1)c1cccc(CO)c1. The molecule has 2 N–H and O–H groups in total. The molecule has 1 aromatic carbocycles. The molecule has 0 unspecified atom stereocenters. The molecule has 0 aliphatic carbocycles. The van der Waals surface area contributed by atoms with Crippen LogP contribution in [0.1, 0.15) is 32.3 Å². The molecule has 3 nitrogen and oxygen atoms in total. The third-order valence-electron chi connectivity index (χ3n) is 3.50. The van der Waals surface area contributed by atoms with Crippen molar-refractivity contribution in [2.24, 2.45) is 0 Å². The van der Waals surface area contributed by atoms with Crippen molar-refractivity contribution in [1.82, 2.24) is 5.32 Å². The smallest absolute Gasteiger partial charge is 0.0682 e. The zero-order chi connectivity index (χ0) is 14.4. The monoisotopic (exact) mass is 272 g/mol. The maximum absolute atomic E-state index is 9.29. The third-order valence-corrected chi connectivity index (χ3v) is 3.50. The van der Waals surface area contributed by atoms with Crippen LogP contribution in [0.5, 0.6) is 0 Å². The highest BCUT2D eigenvalue weighted by Crippen LogP contribution is 2.20. The summed E-state index contributed by atoms with van der Waals surface area (Å²) in [7, 11) is 0. The standard InChI is InChI=1S/C17H24N2O/c1-14(2)19(12-16-8-4-3-5-10-18-16)17-9-6-7-15(11-17)13-20/h5-11,14,18,20H,3-4,12-13H2,1-2H3. The quantitative estimate of drug-likeness (QED) is 0.864. The Hall–Kier alpha value is -1.74. The second kappa shape index (κ2) is 7.15. The van der Waals surface area contributed by atoms with Crippen LogP contribution in [-0.2, 0) is 6.61 Å². The van der Waals surface area contributed by atoms with Crippen molar-refractivity contribution in [3.63, 3.8) is 0 Å². The van der Waals surface area contributed by atoms with Crippen LogP contribution in [0.4, 0.5) is 5.69 Å². The number of benzene rings is 1. The number of hydrogen-bond donors (Lipinski definition) is 2. The van der Waals surface area contributed by atoms with Crippen LogP contribution in [0.25, 0.3) is 0 Å². The molecule has 2 rings (SSSR count). The fraction of sp³-hybridized carbons (Fsp3) is 0.412. The van der Waals surface area contributed by atoms with Crippen LogP contribution in [0, 0.1) is 0 Å². The molecule has 3 heteroatoms. The van der Waals surface area contributed by atoms with E-state index in [1.165, 1.54) is 5.70 Å².